The molecule has 1 saturated heterocycles. The maximum atomic E-state index is 12.7. The van der Waals surface area contributed by atoms with Crippen molar-refractivity contribution in [2.75, 3.05) is 31.5 Å². The van der Waals surface area contributed by atoms with Gasteiger partial charge in [-0.1, -0.05) is 29.8 Å². The number of hydrogen-bond donors (Lipinski definition) is 1. The summed E-state index contributed by atoms with van der Waals surface area (Å²) in [5, 5.41) is 22.8. The molecule has 12 heteroatoms. The van der Waals surface area contributed by atoms with Gasteiger partial charge in [0, 0.05) is 44.5 Å². The SMILES string of the molecule is N#C/C(=C/N1CCN(S(=O)(=O)c2ccccc2)CC1)C(=O)Nc1cc([N+](=O)[O-])ccc1Cl. The summed E-state index contributed by atoms with van der Waals surface area (Å²) < 4.78 is 26.8. The number of nitrogens with zero attached hydrogens (tertiary/aromatic N) is 4. The first-order valence-electron chi connectivity index (χ1n) is 9.39. The molecule has 10 nitrogen and oxygen atoms in total. The fourth-order valence-electron chi connectivity index (χ4n) is 3.05. The highest BCUT2D eigenvalue weighted by atomic mass is 35.5. The molecule has 1 amide bonds. The Kier molecular flexibility index (Phi) is 7.09. The van der Waals surface area contributed by atoms with Gasteiger partial charge < -0.3 is 10.2 Å². The molecule has 0 aliphatic carbocycles. The van der Waals surface area contributed by atoms with Gasteiger partial charge in [0.25, 0.3) is 11.6 Å². The molecule has 3 rings (SSSR count). The number of nitro benzene ring substituents is 1. The normalized spacial score (nSPS) is 15.1. The van der Waals surface area contributed by atoms with Gasteiger partial charge in [-0.2, -0.15) is 9.57 Å². The minimum atomic E-state index is -3.62. The zero-order chi connectivity index (χ0) is 23.3. The molecule has 1 N–H and O–H groups in total. The first-order chi connectivity index (χ1) is 15.2. The molecule has 2 aromatic rings. The second kappa shape index (κ2) is 9.78. The highest BCUT2D eigenvalue weighted by molar-refractivity contribution is 7.89. The van der Waals surface area contributed by atoms with Crippen molar-refractivity contribution in [3.05, 3.63) is 75.4 Å². The van der Waals surface area contributed by atoms with Crippen LogP contribution >= 0.6 is 11.6 Å². The van der Waals surface area contributed by atoms with Crippen LogP contribution in [0.2, 0.25) is 5.02 Å². The number of carbonyl (C=O) groups excluding carboxylic acids is 1. The molecular formula is C20H18ClN5O5S. The molecule has 0 aromatic heterocycles. The maximum Gasteiger partial charge on any atom is 0.271 e. The summed E-state index contributed by atoms with van der Waals surface area (Å²) in [4.78, 5) is 24.7. The Balaban J connectivity index is 1.68. The van der Waals surface area contributed by atoms with Crippen LogP contribution < -0.4 is 5.32 Å². The van der Waals surface area contributed by atoms with Gasteiger partial charge in [-0.15, -0.1) is 0 Å². The van der Waals surface area contributed by atoms with E-state index in [2.05, 4.69) is 5.32 Å². The number of rotatable bonds is 6. The van der Waals surface area contributed by atoms with E-state index >= 15 is 0 Å². The number of nitrogens with one attached hydrogen (secondary N) is 1. The number of carbonyl (C=O) groups is 1. The number of hydrogen-bond acceptors (Lipinski definition) is 7. The molecule has 0 bridgehead atoms. The van der Waals surface area contributed by atoms with Crippen LogP contribution in [0.25, 0.3) is 0 Å². The lowest BCUT2D eigenvalue weighted by Gasteiger charge is -2.33. The van der Waals surface area contributed by atoms with Crippen molar-refractivity contribution in [2.24, 2.45) is 0 Å². The van der Waals surface area contributed by atoms with E-state index in [1.54, 1.807) is 29.2 Å². The van der Waals surface area contributed by atoms with Crippen molar-refractivity contribution >= 4 is 38.9 Å². The lowest BCUT2D eigenvalue weighted by Crippen LogP contribution is -2.46. The first-order valence-corrected chi connectivity index (χ1v) is 11.2. The Hall–Kier alpha value is -3.46. The van der Waals surface area contributed by atoms with Crippen LogP contribution in [0.15, 0.2) is 65.2 Å². The standard InChI is InChI=1S/C20H18ClN5O5S/c21-18-7-6-16(26(28)29)12-19(18)23-20(27)15(13-22)14-24-8-10-25(11-9-24)32(30,31)17-4-2-1-3-5-17/h1-7,12,14H,8-11H2,(H,23,27)/b15-14-. The average Bonchev–Trinajstić information content (AvgIpc) is 2.79. The zero-order valence-electron chi connectivity index (χ0n) is 16.6. The Morgan fingerprint density at radius 2 is 1.81 bits per heavy atom. The number of halogens is 1. The summed E-state index contributed by atoms with van der Waals surface area (Å²) in [5.74, 6) is -0.783. The summed E-state index contributed by atoms with van der Waals surface area (Å²) in [6.45, 7) is 0.930. The van der Waals surface area contributed by atoms with Gasteiger partial charge in [0.2, 0.25) is 10.0 Å². The van der Waals surface area contributed by atoms with Gasteiger partial charge in [0.1, 0.15) is 11.6 Å². The Morgan fingerprint density at radius 3 is 2.41 bits per heavy atom. The van der Waals surface area contributed by atoms with E-state index in [1.807, 2.05) is 0 Å². The number of nitriles is 1. The van der Waals surface area contributed by atoms with Crippen LogP contribution in [-0.4, -0.2) is 54.6 Å². The van der Waals surface area contributed by atoms with E-state index in [-0.39, 0.29) is 53.0 Å². The summed E-state index contributed by atoms with van der Waals surface area (Å²) >= 11 is 5.98. The van der Waals surface area contributed by atoms with Gasteiger partial charge in [0.15, 0.2) is 0 Å². The monoisotopic (exact) mass is 475 g/mol. The highest BCUT2D eigenvalue weighted by Crippen LogP contribution is 2.27. The molecular weight excluding hydrogens is 458 g/mol. The fourth-order valence-corrected chi connectivity index (χ4v) is 4.66. The van der Waals surface area contributed by atoms with Crippen LogP contribution in [0.3, 0.4) is 0 Å². The van der Waals surface area contributed by atoms with E-state index in [4.69, 9.17) is 11.6 Å². The Labute approximate surface area is 189 Å². The number of anilines is 1. The second-order valence-corrected chi connectivity index (χ2v) is 9.13. The largest absolute Gasteiger partial charge is 0.373 e. The predicted octanol–water partition coefficient (Wildman–Crippen LogP) is 2.60. The Morgan fingerprint density at radius 1 is 1.16 bits per heavy atom. The summed E-state index contributed by atoms with van der Waals surface area (Å²) in [6.07, 6.45) is 1.34. The lowest BCUT2D eigenvalue weighted by atomic mass is 10.2. The van der Waals surface area contributed by atoms with Crippen molar-refractivity contribution in [3.63, 3.8) is 0 Å². The van der Waals surface area contributed by atoms with Gasteiger partial charge in [0.05, 0.1) is 20.5 Å². The summed E-state index contributed by atoms with van der Waals surface area (Å²) in [5.41, 5.74) is -0.499. The maximum absolute atomic E-state index is 12.7. The molecule has 1 aliphatic heterocycles. The van der Waals surface area contributed by atoms with Crippen LogP contribution in [0.1, 0.15) is 0 Å². The number of benzene rings is 2. The highest BCUT2D eigenvalue weighted by Gasteiger charge is 2.28. The van der Waals surface area contributed by atoms with Crippen molar-refractivity contribution < 1.29 is 18.1 Å². The molecule has 32 heavy (non-hydrogen) atoms. The predicted molar refractivity (Wildman–Crippen MR) is 117 cm³/mol. The van der Waals surface area contributed by atoms with Gasteiger partial charge in [-0.3, -0.25) is 14.9 Å². The van der Waals surface area contributed by atoms with Crippen LogP contribution in [0.4, 0.5) is 11.4 Å². The van der Waals surface area contributed by atoms with Crippen molar-refractivity contribution in [1.82, 2.24) is 9.21 Å². The minimum absolute atomic E-state index is 0.00536. The average molecular weight is 476 g/mol. The minimum Gasteiger partial charge on any atom is -0.373 e. The molecule has 1 fully saturated rings. The van der Waals surface area contributed by atoms with Gasteiger partial charge >= 0.3 is 0 Å². The first kappa shape index (κ1) is 23.2. The molecule has 0 spiro atoms. The quantitative estimate of drug-likeness (QED) is 0.293. The molecule has 1 aliphatic rings. The summed E-state index contributed by atoms with van der Waals surface area (Å²) in [7, 11) is -3.62. The summed E-state index contributed by atoms with van der Waals surface area (Å²) in [6, 6.07) is 13.4. The number of nitro groups is 1. The van der Waals surface area contributed by atoms with Crippen LogP contribution in [0.5, 0.6) is 0 Å². The Bertz CT molecular complexity index is 1200. The van der Waals surface area contributed by atoms with Crippen molar-refractivity contribution in [2.45, 2.75) is 4.90 Å². The number of sulfonamides is 1. The molecule has 166 valence electrons. The number of amides is 1. The van der Waals surface area contributed by atoms with E-state index in [1.165, 1.54) is 34.8 Å². The number of non-ortho nitro benzene ring substituents is 1. The van der Waals surface area contributed by atoms with Crippen LogP contribution in [-0.2, 0) is 14.8 Å². The second-order valence-electron chi connectivity index (χ2n) is 6.78. The number of piperazine rings is 1. The van der Waals surface area contributed by atoms with Crippen molar-refractivity contribution in [3.8, 4) is 6.07 Å². The van der Waals surface area contributed by atoms with E-state index < -0.39 is 20.9 Å². The molecule has 0 radical (unpaired) electrons. The fraction of sp³-hybridized carbons (Fsp3) is 0.200. The van der Waals surface area contributed by atoms with Crippen LogP contribution in [0, 0.1) is 21.4 Å². The third kappa shape index (κ3) is 5.23. The molecule has 0 unspecified atom stereocenters. The van der Waals surface area contributed by atoms with Gasteiger partial charge in [-0.25, -0.2) is 8.42 Å². The molecule has 0 atom stereocenters. The molecule has 2 aromatic carbocycles. The third-order valence-corrected chi connectivity index (χ3v) is 6.98. The molecule has 1 heterocycles. The van der Waals surface area contributed by atoms with E-state index in [9.17, 15) is 28.6 Å². The lowest BCUT2D eigenvalue weighted by molar-refractivity contribution is -0.384. The molecule has 0 saturated carbocycles. The third-order valence-electron chi connectivity index (χ3n) is 4.74. The van der Waals surface area contributed by atoms with E-state index in [0.717, 1.165) is 6.07 Å². The smallest absolute Gasteiger partial charge is 0.271 e. The zero-order valence-corrected chi connectivity index (χ0v) is 18.2. The van der Waals surface area contributed by atoms with Gasteiger partial charge in [-0.05, 0) is 18.2 Å². The topological polar surface area (TPSA) is 137 Å². The van der Waals surface area contributed by atoms with E-state index in [0.29, 0.717) is 0 Å². The van der Waals surface area contributed by atoms with Crippen molar-refractivity contribution in [1.29, 1.82) is 5.26 Å².